The van der Waals surface area contributed by atoms with Gasteiger partial charge in [-0.05, 0) is 23.8 Å². The maximum atomic E-state index is 10.8. The third-order valence-electron chi connectivity index (χ3n) is 2.27. The second kappa shape index (κ2) is 5.07. The number of aromatic nitrogens is 1. The predicted octanol–water partition coefficient (Wildman–Crippen LogP) is 2.95. The first-order valence-corrected chi connectivity index (χ1v) is 5.18. The van der Waals surface area contributed by atoms with Crippen LogP contribution in [0.1, 0.15) is 21.6 Å². The van der Waals surface area contributed by atoms with Crippen molar-refractivity contribution in [1.82, 2.24) is 4.98 Å². The van der Waals surface area contributed by atoms with Crippen LogP contribution in [-0.2, 0) is 0 Å². The van der Waals surface area contributed by atoms with E-state index < -0.39 is 5.97 Å². The highest BCUT2D eigenvalue weighted by atomic mass is 16.4. The summed E-state index contributed by atoms with van der Waals surface area (Å²) < 4.78 is 0. The molecule has 0 radical (unpaired) electrons. The summed E-state index contributed by atoms with van der Waals surface area (Å²) in [6.45, 7) is 0. The minimum Gasteiger partial charge on any atom is -0.478 e. The van der Waals surface area contributed by atoms with E-state index in [1.807, 2.05) is 36.4 Å². The maximum Gasteiger partial charge on any atom is 0.335 e. The Bertz CT molecular complexity index is 547. The van der Waals surface area contributed by atoms with Crippen molar-refractivity contribution in [2.45, 2.75) is 0 Å². The molecule has 0 fully saturated rings. The number of nitrogens with zero attached hydrogens (tertiary/aromatic N) is 1. The number of rotatable bonds is 3. The fourth-order valence-electron chi connectivity index (χ4n) is 1.42. The van der Waals surface area contributed by atoms with E-state index in [-0.39, 0.29) is 5.56 Å². The van der Waals surface area contributed by atoms with E-state index in [9.17, 15) is 4.79 Å². The Morgan fingerprint density at radius 1 is 1.12 bits per heavy atom. The van der Waals surface area contributed by atoms with Crippen LogP contribution in [0, 0.1) is 0 Å². The van der Waals surface area contributed by atoms with Crippen LogP contribution < -0.4 is 0 Å². The Morgan fingerprint density at radius 3 is 2.59 bits per heavy atom. The molecular formula is C14H11NO2. The van der Waals surface area contributed by atoms with Gasteiger partial charge in [0.05, 0.1) is 11.3 Å². The molecule has 0 aliphatic heterocycles. The van der Waals surface area contributed by atoms with Crippen molar-refractivity contribution in [2.24, 2.45) is 0 Å². The van der Waals surface area contributed by atoms with Crippen LogP contribution in [0.25, 0.3) is 12.2 Å². The highest BCUT2D eigenvalue weighted by molar-refractivity contribution is 5.88. The fourth-order valence-corrected chi connectivity index (χ4v) is 1.42. The molecule has 0 aliphatic rings. The Kier molecular flexibility index (Phi) is 3.31. The lowest BCUT2D eigenvalue weighted by Gasteiger charge is -1.96. The molecule has 0 unspecified atom stereocenters. The normalized spacial score (nSPS) is 10.6. The summed E-state index contributed by atoms with van der Waals surface area (Å²) in [6, 6.07) is 12.8. The third-order valence-corrected chi connectivity index (χ3v) is 2.27. The number of carboxylic acids is 1. The minimum absolute atomic E-state index is 0.243. The van der Waals surface area contributed by atoms with Gasteiger partial charge in [0.2, 0.25) is 0 Å². The van der Waals surface area contributed by atoms with E-state index in [2.05, 4.69) is 4.98 Å². The lowest BCUT2D eigenvalue weighted by atomic mass is 10.2. The number of hydrogen-bond acceptors (Lipinski definition) is 2. The van der Waals surface area contributed by atoms with Crippen LogP contribution in [-0.4, -0.2) is 16.1 Å². The molecule has 1 aromatic heterocycles. The Balaban J connectivity index is 2.22. The van der Waals surface area contributed by atoms with Gasteiger partial charge in [0, 0.05) is 6.20 Å². The van der Waals surface area contributed by atoms with Crippen LogP contribution in [0.5, 0.6) is 0 Å². The molecule has 1 heterocycles. The van der Waals surface area contributed by atoms with Gasteiger partial charge in [0.1, 0.15) is 0 Å². The topological polar surface area (TPSA) is 50.2 Å². The van der Waals surface area contributed by atoms with Crippen molar-refractivity contribution in [3.8, 4) is 0 Å². The number of pyridine rings is 1. The van der Waals surface area contributed by atoms with Gasteiger partial charge in [0.15, 0.2) is 0 Å². The monoisotopic (exact) mass is 225 g/mol. The maximum absolute atomic E-state index is 10.8. The van der Waals surface area contributed by atoms with E-state index in [1.165, 1.54) is 12.3 Å². The molecule has 0 saturated heterocycles. The molecule has 17 heavy (non-hydrogen) atoms. The highest BCUT2D eigenvalue weighted by Gasteiger charge is 2.01. The minimum atomic E-state index is -0.943. The van der Waals surface area contributed by atoms with Gasteiger partial charge in [-0.3, -0.25) is 4.98 Å². The smallest absolute Gasteiger partial charge is 0.335 e. The molecule has 1 N–H and O–H groups in total. The molecule has 2 aromatic rings. The number of aromatic carboxylic acids is 1. The van der Waals surface area contributed by atoms with Crippen molar-refractivity contribution in [1.29, 1.82) is 0 Å². The van der Waals surface area contributed by atoms with Gasteiger partial charge in [-0.2, -0.15) is 0 Å². The first-order chi connectivity index (χ1) is 8.25. The number of hydrogen-bond donors (Lipinski definition) is 1. The van der Waals surface area contributed by atoms with Gasteiger partial charge in [0.25, 0.3) is 0 Å². The van der Waals surface area contributed by atoms with E-state index in [0.717, 1.165) is 5.56 Å². The molecular weight excluding hydrogens is 214 g/mol. The van der Waals surface area contributed by atoms with Crippen molar-refractivity contribution in [3.63, 3.8) is 0 Å². The zero-order valence-electron chi connectivity index (χ0n) is 9.08. The van der Waals surface area contributed by atoms with E-state index >= 15 is 0 Å². The second-order valence-corrected chi connectivity index (χ2v) is 3.52. The van der Waals surface area contributed by atoms with Crippen LogP contribution in [0.3, 0.4) is 0 Å². The number of benzene rings is 1. The van der Waals surface area contributed by atoms with Crippen molar-refractivity contribution in [2.75, 3.05) is 0 Å². The largest absolute Gasteiger partial charge is 0.478 e. The molecule has 3 nitrogen and oxygen atoms in total. The summed E-state index contributed by atoms with van der Waals surface area (Å²) in [7, 11) is 0. The van der Waals surface area contributed by atoms with Crippen molar-refractivity contribution in [3.05, 3.63) is 65.5 Å². The molecule has 0 saturated carbocycles. The van der Waals surface area contributed by atoms with Crippen molar-refractivity contribution >= 4 is 18.1 Å². The van der Waals surface area contributed by atoms with E-state index in [0.29, 0.717) is 5.69 Å². The van der Waals surface area contributed by atoms with Gasteiger partial charge in [-0.15, -0.1) is 0 Å². The van der Waals surface area contributed by atoms with Gasteiger partial charge >= 0.3 is 5.97 Å². The Hall–Kier alpha value is -2.42. The Morgan fingerprint density at radius 2 is 1.88 bits per heavy atom. The third kappa shape index (κ3) is 3.01. The molecule has 84 valence electrons. The van der Waals surface area contributed by atoms with Crippen molar-refractivity contribution < 1.29 is 9.90 Å². The summed E-state index contributed by atoms with van der Waals surface area (Å²) in [5, 5.41) is 8.84. The van der Waals surface area contributed by atoms with Gasteiger partial charge in [-0.25, -0.2) is 4.79 Å². The predicted molar refractivity (Wildman–Crippen MR) is 66.6 cm³/mol. The molecule has 2 rings (SSSR count). The first-order valence-electron chi connectivity index (χ1n) is 5.18. The first kappa shape index (κ1) is 11.1. The van der Waals surface area contributed by atoms with E-state index in [1.54, 1.807) is 12.1 Å². The lowest BCUT2D eigenvalue weighted by molar-refractivity contribution is 0.0696. The highest BCUT2D eigenvalue weighted by Crippen LogP contribution is 2.07. The molecule has 0 aliphatic carbocycles. The zero-order valence-corrected chi connectivity index (χ0v) is 9.08. The summed E-state index contributed by atoms with van der Waals surface area (Å²) in [6.07, 6.45) is 5.18. The summed E-state index contributed by atoms with van der Waals surface area (Å²) in [5.74, 6) is -0.943. The summed E-state index contributed by atoms with van der Waals surface area (Å²) in [5.41, 5.74) is 1.93. The van der Waals surface area contributed by atoms with Crippen LogP contribution in [0.4, 0.5) is 0 Å². The summed E-state index contributed by atoms with van der Waals surface area (Å²) in [4.78, 5) is 14.9. The van der Waals surface area contributed by atoms with Gasteiger partial charge < -0.3 is 5.11 Å². The molecule has 3 heteroatoms. The molecule has 0 bridgehead atoms. The second-order valence-electron chi connectivity index (χ2n) is 3.52. The zero-order chi connectivity index (χ0) is 12.1. The molecule has 0 amide bonds. The van der Waals surface area contributed by atoms with E-state index in [4.69, 9.17) is 5.11 Å². The number of carbonyl (C=O) groups is 1. The summed E-state index contributed by atoms with van der Waals surface area (Å²) >= 11 is 0. The van der Waals surface area contributed by atoms with Gasteiger partial charge in [-0.1, -0.05) is 36.4 Å². The SMILES string of the molecule is O=C(O)c1ccnc(C=Cc2ccccc2)c1. The molecule has 1 aromatic carbocycles. The van der Waals surface area contributed by atoms with Crippen LogP contribution >= 0.6 is 0 Å². The average Bonchev–Trinajstić information content (AvgIpc) is 2.38. The standard InChI is InChI=1S/C14H11NO2/c16-14(17)12-8-9-15-13(10-12)7-6-11-4-2-1-3-5-11/h1-10H,(H,16,17). The number of carboxylic acid groups (broad SMARTS) is 1. The quantitative estimate of drug-likeness (QED) is 0.873. The Labute approximate surface area is 99.1 Å². The van der Waals surface area contributed by atoms with Crippen LogP contribution in [0.15, 0.2) is 48.7 Å². The fraction of sp³-hybridized carbons (Fsp3) is 0. The van der Waals surface area contributed by atoms with Crippen LogP contribution in [0.2, 0.25) is 0 Å². The molecule has 0 spiro atoms. The molecule has 0 atom stereocenters. The average molecular weight is 225 g/mol. The lowest BCUT2D eigenvalue weighted by Crippen LogP contribution is -1.96.